The van der Waals surface area contributed by atoms with E-state index in [1.54, 1.807) is 13.0 Å². The van der Waals surface area contributed by atoms with Crippen LogP contribution < -0.4 is 5.32 Å². The Balaban J connectivity index is 1.79. The van der Waals surface area contributed by atoms with Gasteiger partial charge in [-0.05, 0) is 31.2 Å². The number of rotatable bonds is 5. The molecular formula is C15H19F2NO2S. The molecule has 2 rings (SSSR count). The van der Waals surface area contributed by atoms with Gasteiger partial charge in [-0.15, -0.1) is 11.3 Å². The van der Waals surface area contributed by atoms with Crippen LogP contribution in [0, 0.1) is 5.92 Å². The standard InChI is InChI=1S/C15H19F2NO2S/c1-10(9-12(19)13-3-2-8-21-13)18-14(20)11-4-6-15(16,17)7-5-11/h2-3,8,10-11H,4-7,9H2,1H3,(H,18,20)/t10-/m1/s1. The summed E-state index contributed by atoms with van der Waals surface area (Å²) < 4.78 is 26.1. The molecule has 1 aliphatic carbocycles. The lowest BCUT2D eigenvalue weighted by atomic mass is 9.86. The van der Waals surface area contributed by atoms with E-state index in [1.165, 1.54) is 11.3 Å². The van der Waals surface area contributed by atoms with Crippen molar-refractivity contribution < 1.29 is 18.4 Å². The van der Waals surface area contributed by atoms with Crippen LogP contribution in [0.3, 0.4) is 0 Å². The highest BCUT2D eigenvalue weighted by atomic mass is 32.1. The fourth-order valence-corrected chi connectivity index (χ4v) is 3.21. The lowest BCUT2D eigenvalue weighted by molar-refractivity contribution is -0.129. The number of thiophene rings is 1. The zero-order valence-electron chi connectivity index (χ0n) is 11.9. The van der Waals surface area contributed by atoms with Crippen molar-refractivity contribution in [2.24, 2.45) is 5.92 Å². The first-order chi connectivity index (χ1) is 9.87. The van der Waals surface area contributed by atoms with Gasteiger partial charge in [-0.3, -0.25) is 9.59 Å². The summed E-state index contributed by atoms with van der Waals surface area (Å²) in [6, 6.07) is 3.28. The van der Waals surface area contributed by atoms with Gasteiger partial charge in [-0.25, -0.2) is 8.78 Å². The minimum atomic E-state index is -2.63. The monoisotopic (exact) mass is 315 g/mol. The Morgan fingerprint density at radius 3 is 2.67 bits per heavy atom. The summed E-state index contributed by atoms with van der Waals surface area (Å²) in [6.45, 7) is 1.76. The average Bonchev–Trinajstić information content (AvgIpc) is 2.92. The third-order valence-electron chi connectivity index (χ3n) is 3.76. The first kappa shape index (κ1) is 16.1. The van der Waals surface area contributed by atoms with Crippen molar-refractivity contribution in [1.29, 1.82) is 0 Å². The number of carbonyl (C=O) groups excluding carboxylic acids is 2. The normalized spacial score (nSPS) is 20.0. The van der Waals surface area contributed by atoms with E-state index in [4.69, 9.17) is 0 Å². The number of ketones is 1. The smallest absolute Gasteiger partial charge is 0.248 e. The van der Waals surface area contributed by atoms with Crippen molar-refractivity contribution >= 4 is 23.0 Å². The van der Waals surface area contributed by atoms with Crippen molar-refractivity contribution in [2.45, 2.75) is 51.0 Å². The van der Waals surface area contributed by atoms with Crippen LogP contribution in [0.1, 0.15) is 48.7 Å². The summed E-state index contributed by atoms with van der Waals surface area (Å²) in [4.78, 5) is 24.6. The van der Waals surface area contributed by atoms with E-state index >= 15 is 0 Å². The summed E-state index contributed by atoms with van der Waals surface area (Å²) in [6.07, 6.45) is 0.200. The highest BCUT2D eigenvalue weighted by molar-refractivity contribution is 7.12. The number of amides is 1. The highest BCUT2D eigenvalue weighted by Crippen LogP contribution is 2.36. The summed E-state index contributed by atoms with van der Waals surface area (Å²) in [5.41, 5.74) is 0. The summed E-state index contributed by atoms with van der Waals surface area (Å²) in [5.74, 6) is -3.20. The maximum atomic E-state index is 13.1. The van der Waals surface area contributed by atoms with E-state index in [1.807, 2.05) is 11.4 Å². The molecule has 0 radical (unpaired) electrons. The molecule has 116 valence electrons. The molecule has 1 aliphatic rings. The van der Waals surface area contributed by atoms with Crippen LogP contribution in [-0.4, -0.2) is 23.7 Å². The van der Waals surface area contributed by atoms with Crippen molar-refractivity contribution in [3.05, 3.63) is 22.4 Å². The van der Waals surface area contributed by atoms with Gasteiger partial charge in [-0.1, -0.05) is 6.07 Å². The van der Waals surface area contributed by atoms with Gasteiger partial charge in [0.05, 0.1) is 4.88 Å². The molecule has 0 bridgehead atoms. The van der Waals surface area contributed by atoms with Crippen LogP contribution in [0.15, 0.2) is 17.5 Å². The first-order valence-corrected chi connectivity index (χ1v) is 8.00. The Bertz CT molecular complexity index is 492. The second-order valence-corrected chi connectivity index (χ2v) is 6.59. The minimum absolute atomic E-state index is 0.00650. The molecule has 1 heterocycles. The minimum Gasteiger partial charge on any atom is -0.353 e. The second kappa shape index (κ2) is 6.64. The molecule has 1 N–H and O–H groups in total. The number of nitrogens with one attached hydrogen (secondary N) is 1. The Hall–Kier alpha value is -1.30. The number of hydrogen-bond acceptors (Lipinski definition) is 3. The first-order valence-electron chi connectivity index (χ1n) is 7.12. The molecule has 1 aromatic rings. The van der Waals surface area contributed by atoms with E-state index < -0.39 is 5.92 Å². The Labute approximate surface area is 126 Å². The van der Waals surface area contributed by atoms with Crippen molar-refractivity contribution in [3.63, 3.8) is 0 Å². The van der Waals surface area contributed by atoms with Gasteiger partial charge in [0.15, 0.2) is 5.78 Å². The van der Waals surface area contributed by atoms with E-state index in [2.05, 4.69) is 5.32 Å². The van der Waals surface area contributed by atoms with Crippen molar-refractivity contribution in [1.82, 2.24) is 5.32 Å². The molecule has 1 amide bonds. The van der Waals surface area contributed by atoms with E-state index in [0.29, 0.717) is 4.88 Å². The molecule has 6 heteroatoms. The lowest BCUT2D eigenvalue weighted by Crippen LogP contribution is -2.40. The van der Waals surface area contributed by atoms with Crippen LogP contribution in [0.4, 0.5) is 8.78 Å². The summed E-state index contributed by atoms with van der Waals surface area (Å²) in [7, 11) is 0. The van der Waals surface area contributed by atoms with Crippen LogP contribution in [0.25, 0.3) is 0 Å². The van der Waals surface area contributed by atoms with Gasteiger partial charge in [0.1, 0.15) is 0 Å². The fourth-order valence-electron chi connectivity index (χ4n) is 2.53. The number of carbonyl (C=O) groups is 2. The van der Waals surface area contributed by atoms with Gasteiger partial charge < -0.3 is 5.32 Å². The predicted octanol–water partition coefficient (Wildman–Crippen LogP) is 3.65. The Morgan fingerprint density at radius 1 is 1.43 bits per heavy atom. The SMILES string of the molecule is C[C@H](CC(=O)c1cccs1)NC(=O)C1CCC(F)(F)CC1. The van der Waals surface area contributed by atoms with E-state index in [0.717, 1.165) is 0 Å². The molecule has 0 spiro atoms. The zero-order chi connectivity index (χ0) is 15.5. The molecule has 0 aliphatic heterocycles. The van der Waals surface area contributed by atoms with E-state index in [-0.39, 0.29) is 55.8 Å². The van der Waals surface area contributed by atoms with Crippen molar-refractivity contribution in [3.8, 4) is 0 Å². The number of halogens is 2. The Morgan fingerprint density at radius 2 is 2.10 bits per heavy atom. The van der Waals surface area contributed by atoms with E-state index in [9.17, 15) is 18.4 Å². The van der Waals surface area contributed by atoms with Gasteiger partial charge in [-0.2, -0.15) is 0 Å². The fraction of sp³-hybridized carbons (Fsp3) is 0.600. The molecule has 1 aromatic heterocycles. The van der Waals surface area contributed by atoms with Crippen molar-refractivity contribution in [2.75, 3.05) is 0 Å². The molecule has 21 heavy (non-hydrogen) atoms. The molecule has 1 atom stereocenters. The number of Topliss-reactive ketones (excluding diaryl/α,β-unsaturated/α-hetero) is 1. The molecule has 0 aromatic carbocycles. The molecule has 3 nitrogen and oxygen atoms in total. The average molecular weight is 315 g/mol. The quantitative estimate of drug-likeness (QED) is 0.843. The molecule has 0 unspecified atom stereocenters. The summed E-state index contributed by atoms with van der Waals surface area (Å²) in [5, 5.41) is 4.60. The molecule has 1 saturated carbocycles. The molecule has 1 fully saturated rings. The van der Waals surface area contributed by atoms with Gasteiger partial charge in [0.25, 0.3) is 0 Å². The predicted molar refractivity (Wildman–Crippen MR) is 77.8 cm³/mol. The van der Waals surface area contributed by atoms with Gasteiger partial charge in [0.2, 0.25) is 11.8 Å². The maximum absolute atomic E-state index is 13.1. The lowest BCUT2D eigenvalue weighted by Gasteiger charge is -2.28. The number of hydrogen-bond donors (Lipinski definition) is 1. The molecular weight excluding hydrogens is 296 g/mol. The molecule has 0 saturated heterocycles. The van der Waals surface area contributed by atoms with Crippen LogP contribution in [0.2, 0.25) is 0 Å². The Kier molecular flexibility index (Phi) is 5.08. The highest BCUT2D eigenvalue weighted by Gasteiger charge is 2.37. The van der Waals surface area contributed by atoms with Gasteiger partial charge in [0, 0.05) is 31.2 Å². The van der Waals surface area contributed by atoms with Crippen LogP contribution in [0.5, 0.6) is 0 Å². The largest absolute Gasteiger partial charge is 0.353 e. The maximum Gasteiger partial charge on any atom is 0.248 e. The second-order valence-electron chi connectivity index (χ2n) is 5.64. The third kappa shape index (κ3) is 4.59. The van der Waals surface area contributed by atoms with Gasteiger partial charge >= 0.3 is 0 Å². The third-order valence-corrected chi connectivity index (χ3v) is 4.68. The summed E-state index contributed by atoms with van der Waals surface area (Å²) >= 11 is 1.37. The van der Waals surface area contributed by atoms with Crippen LogP contribution in [-0.2, 0) is 4.79 Å². The topological polar surface area (TPSA) is 46.2 Å². The zero-order valence-corrected chi connectivity index (χ0v) is 12.7. The van der Waals surface area contributed by atoms with Crippen LogP contribution >= 0.6 is 11.3 Å². The number of alkyl halides is 2.